The summed E-state index contributed by atoms with van der Waals surface area (Å²) in [6.07, 6.45) is 3.94. The zero-order valence-electron chi connectivity index (χ0n) is 15.6. The van der Waals surface area contributed by atoms with Gasteiger partial charge in [0.05, 0.1) is 6.54 Å². The molecule has 0 unspecified atom stereocenters. The molecule has 144 valence electrons. The van der Waals surface area contributed by atoms with Gasteiger partial charge in [-0.25, -0.2) is 4.79 Å². The SMILES string of the molecule is CC(C)(C)OC(=O)NCCOc1cc(Br)cc(C(=O)NC2CCCC2)c1. The molecule has 0 aromatic heterocycles. The zero-order valence-corrected chi connectivity index (χ0v) is 17.1. The molecule has 2 rings (SSSR count). The molecule has 1 aromatic carbocycles. The molecule has 1 aromatic rings. The van der Waals surface area contributed by atoms with Gasteiger partial charge < -0.3 is 20.1 Å². The number of amides is 2. The third kappa shape index (κ3) is 7.23. The Morgan fingerprint density at radius 2 is 1.88 bits per heavy atom. The summed E-state index contributed by atoms with van der Waals surface area (Å²) in [5.74, 6) is 0.483. The fraction of sp³-hybridized carbons (Fsp3) is 0.579. The first kappa shape index (κ1) is 20.6. The van der Waals surface area contributed by atoms with Crippen LogP contribution in [0.25, 0.3) is 0 Å². The summed E-state index contributed by atoms with van der Waals surface area (Å²) in [7, 11) is 0. The molecule has 0 bridgehead atoms. The molecule has 0 spiro atoms. The molecule has 2 amide bonds. The molecular weight excluding hydrogens is 400 g/mol. The van der Waals surface area contributed by atoms with Gasteiger partial charge in [0.25, 0.3) is 5.91 Å². The molecule has 0 aliphatic heterocycles. The van der Waals surface area contributed by atoms with E-state index in [1.54, 1.807) is 18.2 Å². The molecule has 1 aliphatic carbocycles. The summed E-state index contributed by atoms with van der Waals surface area (Å²) in [4.78, 5) is 24.0. The molecule has 1 aliphatic rings. The van der Waals surface area contributed by atoms with Gasteiger partial charge in [-0.1, -0.05) is 28.8 Å². The maximum absolute atomic E-state index is 12.4. The fourth-order valence-corrected chi connectivity index (χ4v) is 3.22. The second-order valence-electron chi connectivity index (χ2n) is 7.41. The highest BCUT2D eigenvalue weighted by Crippen LogP contribution is 2.23. The van der Waals surface area contributed by atoms with E-state index >= 15 is 0 Å². The quantitative estimate of drug-likeness (QED) is 0.673. The highest BCUT2D eigenvalue weighted by atomic mass is 79.9. The lowest BCUT2D eigenvalue weighted by molar-refractivity contribution is 0.0520. The van der Waals surface area contributed by atoms with E-state index in [9.17, 15) is 9.59 Å². The molecule has 2 N–H and O–H groups in total. The van der Waals surface area contributed by atoms with Crippen molar-refractivity contribution in [1.82, 2.24) is 10.6 Å². The first-order valence-corrected chi connectivity index (χ1v) is 9.73. The molecule has 0 atom stereocenters. The molecule has 26 heavy (non-hydrogen) atoms. The Bertz CT molecular complexity index is 637. The monoisotopic (exact) mass is 426 g/mol. The van der Waals surface area contributed by atoms with Gasteiger partial charge in [0.1, 0.15) is 18.0 Å². The van der Waals surface area contributed by atoms with Crippen molar-refractivity contribution in [2.75, 3.05) is 13.2 Å². The van der Waals surface area contributed by atoms with Crippen LogP contribution in [0, 0.1) is 0 Å². The van der Waals surface area contributed by atoms with Crippen LogP contribution in [0.3, 0.4) is 0 Å². The lowest BCUT2D eigenvalue weighted by Gasteiger charge is -2.19. The molecule has 6 nitrogen and oxygen atoms in total. The Morgan fingerprint density at radius 3 is 2.54 bits per heavy atom. The fourth-order valence-electron chi connectivity index (χ4n) is 2.75. The van der Waals surface area contributed by atoms with Gasteiger partial charge in [-0.2, -0.15) is 0 Å². The van der Waals surface area contributed by atoms with Gasteiger partial charge in [-0.15, -0.1) is 0 Å². The average molecular weight is 427 g/mol. The highest BCUT2D eigenvalue weighted by Gasteiger charge is 2.19. The largest absolute Gasteiger partial charge is 0.492 e. The van der Waals surface area contributed by atoms with Crippen LogP contribution in [0.5, 0.6) is 5.75 Å². The molecular formula is C19H27BrN2O4. The molecule has 1 fully saturated rings. The second kappa shape index (κ2) is 9.26. The van der Waals surface area contributed by atoms with Crippen molar-refractivity contribution in [2.24, 2.45) is 0 Å². The predicted molar refractivity (Wildman–Crippen MR) is 104 cm³/mol. The Morgan fingerprint density at radius 1 is 1.19 bits per heavy atom. The predicted octanol–water partition coefficient (Wildman–Crippen LogP) is 4.03. The first-order chi connectivity index (χ1) is 12.2. The van der Waals surface area contributed by atoms with E-state index in [-0.39, 0.29) is 18.6 Å². The number of rotatable bonds is 6. The van der Waals surface area contributed by atoms with Crippen LogP contribution >= 0.6 is 15.9 Å². The lowest BCUT2D eigenvalue weighted by Crippen LogP contribution is -2.34. The van der Waals surface area contributed by atoms with Crippen molar-refractivity contribution < 1.29 is 19.1 Å². The molecule has 0 saturated heterocycles. The van der Waals surface area contributed by atoms with Crippen LogP contribution in [0.15, 0.2) is 22.7 Å². The minimum Gasteiger partial charge on any atom is -0.492 e. The summed E-state index contributed by atoms with van der Waals surface area (Å²) in [5, 5.41) is 5.70. The molecule has 0 radical (unpaired) electrons. The van der Waals surface area contributed by atoms with Crippen molar-refractivity contribution in [1.29, 1.82) is 0 Å². The number of hydrogen-bond acceptors (Lipinski definition) is 4. The standard InChI is InChI=1S/C19H27BrN2O4/c1-19(2,3)26-18(24)21-8-9-25-16-11-13(10-14(20)12-16)17(23)22-15-6-4-5-7-15/h10-12,15H,4-9H2,1-3H3,(H,21,24)(H,22,23). The van der Waals surface area contributed by atoms with Crippen LogP contribution in [0.1, 0.15) is 56.8 Å². The van der Waals surface area contributed by atoms with Gasteiger partial charge in [0.2, 0.25) is 0 Å². The summed E-state index contributed by atoms with van der Waals surface area (Å²) in [5.41, 5.74) is 0.0259. The Kier molecular flexibility index (Phi) is 7.32. The Balaban J connectivity index is 1.83. The van der Waals surface area contributed by atoms with Crippen molar-refractivity contribution in [2.45, 2.75) is 58.1 Å². The summed E-state index contributed by atoms with van der Waals surface area (Å²) >= 11 is 3.41. The van der Waals surface area contributed by atoms with E-state index in [1.165, 1.54) is 12.8 Å². The third-order valence-electron chi connectivity index (χ3n) is 3.86. The van der Waals surface area contributed by atoms with Gasteiger partial charge in [-0.05, 0) is 51.8 Å². The van der Waals surface area contributed by atoms with Gasteiger partial charge in [0.15, 0.2) is 0 Å². The topological polar surface area (TPSA) is 76.7 Å². The normalized spacial score (nSPS) is 14.8. The van der Waals surface area contributed by atoms with Gasteiger partial charge >= 0.3 is 6.09 Å². The van der Waals surface area contributed by atoms with Crippen LogP contribution in [0.2, 0.25) is 0 Å². The number of nitrogens with one attached hydrogen (secondary N) is 2. The van der Waals surface area contributed by atoms with E-state index in [4.69, 9.17) is 9.47 Å². The van der Waals surface area contributed by atoms with Crippen LogP contribution < -0.4 is 15.4 Å². The minimum absolute atomic E-state index is 0.0880. The molecule has 0 heterocycles. The number of alkyl carbamates (subject to hydrolysis) is 1. The van der Waals surface area contributed by atoms with E-state index < -0.39 is 11.7 Å². The number of halogens is 1. The van der Waals surface area contributed by atoms with Crippen LogP contribution in [-0.4, -0.2) is 36.8 Å². The Labute approximate surface area is 163 Å². The maximum atomic E-state index is 12.4. The van der Waals surface area contributed by atoms with Crippen molar-refractivity contribution in [3.8, 4) is 5.75 Å². The van der Waals surface area contributed by atoms with Gasteiger partial charge in [0, 0.05) is 16.1 Å². The van der Waals surface area contributed by atoms with Crippen LogP contribution in [0.4, 0.5) is 4.79 Å². The van der Waals surface area contributed by atoms with E-state index in [0.717, 1.165) is 17.3 Å². The maximum Gasteiger partial charge on any atom is 0.407 e. The second-order valence-corrected chi connectivity index (χ2v) is 8.32. The zero-order chi connectivity index (χ0) is 19.2. The Hall–Kier alpha value is -1.76. The molecule has 1 saturated carbocycles. The number of ether oxygens (including phenoxy) is 2. The minimum atomic E-state index is -0.531. The van der Waals surface area contributed by atoms with Crippen molar-refractivity contribution >= 4 is 27.9 Å². The van der Waals surface area contributed by atoms with E-state index in [1.807, 2.05) is 20.8 Å². The third-order valence-corrected chi connectivity index (χ3v) is 4.32. The lowest BCUT2D eigenvalue weighted by atomic mass is 10.1. The van der Waals surface area contributed by atoms with Gasteiger partial charge in [-0.3, -0.25) is 4.79 Å². The summed E-state index contributed by atoms with van der Waals surface area (Å²) in [6.45, 7) is 6.01. The smallest absolute Gasteiger partial charge is 0.407 e. The highest BCUT2D eigenvalue weighted by molar-refractivity contribution is 9.10. The number of carbonyl (C=O) groups is 2. The summed E-state index contributed by atoms with van der Waals surface area (Å²) < 4.78 is 11.6. The van der Waals surface area contributed by atoms with E-state index in [0.29, 0.717) is 17.9 Å². The number of benzene rings is 1. The number of hydrogen-bond donors (Lipinski definition) is 2. The van der Waals surface area contributed by atoms with Crippen molar-refractivity contribution in [3.63, 3.8) is 0 Å². The number of carbonyl (C=O) groups excluding carboxylic acids is 2. The summed E-state index contributed by atoms with van der Waals surface area (Å²) in [6, 6.07) is 5.54. The van der Waals surface area contributed by atoms with E-state index in [2.05, 4.69) is 26.6 Å². The molecule has 7 heteroatoms. The first-order valence-electron chi connectivity index (χ1n) is 8.94. The van der Waals surface area contributed by atoms with Crippen molar-refractivity contribution in [3.05, 3.63) is 28.2 Å². The van der Waals surface area contributed by atoms with Crippen LogP contribution in [-0.2, 0) is 4.74 Å². The average Bonchev–Trinajstić information content (AvgIpc) is 3.02.